The number of piperazine rings is 1. The van der Waals surface area contributed by atoms with Gasteiger partial charge >= 0.3 is 6.09 Å². The lowest BCUT2D eigenvalue weighted by Crippen LogP contribution is -2.53. The number of hydrogen-bond donors (Lipinski definition) is 4. The Morgan fingerprint density at radius 1 is 0.886 bits per heavy atom. The predicted molar refractivity (Wildman–Crippen MR) is 128 cm³/mol. The third kappa shape index (κ3) is 4.73. The van der Waals surface area contributed by atoms with E-state index in [0.717, 1.165) is 16.7 Å². The van der Waals surface area contributed by atoms with E-state index in [9.17, 15) is 19.5 Å². The Kier molecular flexibility index (Phi) is 5.73. The number of hydrogen-bond acceptors (Lipinski definition) is 5. The van der Waals surface area contributed by atoms with Crippen LogP contribution >= 0.6 is 0 Å². The van der Waals surface area contributed by atoms with Crippen molar-refractivity contribution in [2.45, 2.75) is 18.4 Å². The molecule has 2 fully saturated rings. The summed E-state index contributed by atoms with van der Waals surface area (Å²) < 4.78 is 0. The number of nitrogens with zero attached hydrogens (tertiary/aromatic N) is 3. The summed E-state index contributed by atoms with van der Waals surface area (Å²) in [5.74, 6) is -0.0210. The van der Waals surface area contributed by atoms with Crippen LogP contribution in [0.15, 0.2) is 54.6 Å². The maximum absolute atomic E-state index is 13.0. The number of rotatable bonds is 5. The number of benzene rings is 2. The number of carbonyl (C=O) groups excluding carboxylic acids is 2. The Morgan fingerprint density at radius 2 is 1.54 bits per heavy atom. The van der Waals surface area contributed by atoms with Crippen LogP contribution in [0.5, 0.6) is 0 Å². The molecule has 5 rings (SSSR count). The number of anilines is 1. The van der Waals surface area contributed by atoms with Gasteiger partial charge in [0.15, 0.2) is 0 Å². The Bertz CT molecular complexity index is 1270. The van der Waals surface area contributed by atoms with Crippen molar-refractivity contribution in [1.29, 1.82) is 0 Å². The lowest BCUT2D eigenvalue weighted by atomic mass is 10.0. The topological polar surface area (TPSA) is 139 Å². The largest absolute Gasteiger partial charge is 0.465 e. The molecule has 1 aromatic heterocycles. The molecule has 1 aliphatic carbocycles. The summed E-state index contributed by atoms with van der Waals surface area (Å²) in [6.45, 7) is 1.73. The van der Waals surface area contributed by atoms with Gasteiger partial charge in [0.05, 0.1) is 5.69 Å². The van der Waals surface area contributed by atoms with E-state index in [1.165, 1.54) is 0 Å². The molecular weight excluding hydrogens is 450 g/mol. The van der Waals surface area contributed by atoms with Gasteiger partial charge in [0, 0.05) is 43.4 Å². The molecule has 2 aromatic carbocycles. The highest BCUT2D eigenvalue weighted by molar-refractivity contribution is 5.95. The third-order valence-corrected chi connectivity index (χ3v) is 6.42. The van der Waals surface area contributed by atoms with Crippen LogP contribution in [0.25, 0.3) is 22.4 Å². The number of carboxylic acid groups (broad SMARTS) is 1. The highest BCUT2D eigenvalue weighted by atomic mass is 16.4. The van der Waals surface area contributed by atoms with E-state index < -0.39 is 11.7 Å². The zero-order valence-corrected chi connectivity index (χ0v) is 18.9. The standard InChI is InChI=1S/C25H25N5O5/c31-22(29-10-12-30(13-11-29)23(32)25(35)8-9-25)17-6-4-16(5-7-17)18-2-1-3-19(14-18)20-15-21(28-27-20)26-24(33)34/h1-7,14-15,35H,8-13H2,(H,33,34)(H2,26,27,28). The summed E-state index contributed by atoms with van der Waals surface area (Å²) in [7, 11) is 0. The van der Waals surface area contributed by atoms with Crippen LogP contribution in [-0.2, 0) is 4.79 Å². The third-order valence-electron chi connectivity index (χ3n) is 6.42. The van der Waals surface area contributed by atoms with E-state index >= 15 is 0 Å². The van der Waals surface area contributed by atoms with Crippen molar-refractivity contribution >= 4 is 23.7 Å². The minimum Gasteiger partial charge on any atom is -0.465 e. The average Bonchev–Trinajstić information content (AvgIpc) is 3.46. The average molecular weight is 476 g/mol. The van der Waals surface area contributed by atoms with Gasteiger partial charge < -0.3 is 20.0 Å². The molecule has 3 aromatic rings. The second-order valence-corrected chi connectivity index (χ2v) is 8.87. The van der Waals surface area contributed by atoms with Crippen LogP contribution in [-0.4, -0.2) is 79.9 Å². The molecule has 1 saturated heterocycles. The molecular formula is C25H25N5O5. The number of carbonyl (C=O) groups is 3. The maximum atomic E-state index is 13.0. The van der Waals surface area contributed by atoms with Crippen molar-refractivity contribution in [3.05, 3.63) is 60.2 Å². The van der Waals surface area contributed by atoms with Gasteiger partial charge in [-0.1, -0.05) is 30.3 Å². The van der Waals surface area contributed by atoms with E-state index in [1.54, 1.807) is 28.0 Å². The summed E-state index contributed by atoms with van der Waals surface area (Å²) in [5.41, 5.74) is 2.68. The normalized spacial score (nSPS) is 16.6. The van der Waals surface area contributed by atoms with Gasteiger partial charge in [-0.05, 0) is 42.2 Å². The van der Waals surface area contributed by atoms with Crippen LogP contribution in [0, 0.1) is 0 Å². The van der Waals surface area contributed by atoms with E-state index in [0.29, 0.717) is 50.3 Å². The van der Waals surface area contributed by atoms with Crippen LogP contribution < -0.4 is 5.32 Å². The van der Waals surface area contributed by atoms with Gasteiger partial charge in [0.1, 0.15) is 11.4 Å². The van der Waals surface area contributed by atoms with Crippen molar-refractivity contribution in [2.75, 3.05) is 31.5 Å². The fraction of sp³-hybridized carbons (Fsp3) is 0.280. The second kappa shape index (κ2) is 8.88. The number of aromatic nitrogens is 2. The fourth-order valence-electron chi connectivity index (χ4n) is 4.23. The molecule has 10 nitrogen and oxygen atoms in total. The molecule has 0 bridgehead atoms. The zero-order chi connectivity index (χ0) is 24.6. The molecule has 10 heteroatoms. The summed E-state index contributed by atoms with van der Waals surface area (Å²) in [4.78, 5) is 39.4. The zero-order valence-electron chi connectivity index (χ0n) is 18.9. The Morgan fingerprint density at radius 3 is 2.20 bits per heavy atom. The van der Waals surface area contributed by atoms with E-state index in [-0.39, 0.29) is 17.6 Å². The lowest BCUT2D eigenvalue weighted by molar-refractivity contribution is -0.143. The number of H-pyrrole nitrogens is 1. The molecule has 1 saturated carbocycles. The Labute approximate surface area is 201 Å². The van der Waals surface area contributed by atoms with Gasteiger partial charge in [-0.25, -0.2) is 4.79 Å². The Balaban J connectivity index is 1.24. The number of nitrogens with one attached hydrogen (secondary N) is 2. The highest BCUT2D eigenvalue weighted by Gasteiger charge is 2.50. The lowest BCUT2D eigenvalue weighted by Gasteiger charge is -2.35. The molecule has 2 heterocycles. The second-order valence-electron chi connectivity index (χ2n) is 8.87. The molecule has 2 aliphatic rings. The van der Waals surface area contributed by atoms with Crippen LogP contribution in [0.1, 0.15) is 23.2 Å². The first-order valence-electron chi connectivity index (χ1n) is 11.4. The summed E-state index contributed by atoms with van der Waals surface area (Å²) in [5, 5.41) is 27.9. The number of amides is 3. The molecule has 0 unspecified atom stereocenters. The summed E-state index contributed by atoms with van der Waals surface area (Å²) in [6, 6.07) is 16.6. The van der Waals surface area contributed by atoms with Crippen LogP contribution in [0.2, 0.25) is 0 Å². The van der Waals surface area contributed by atoms with Crippen molar-refractivity contribution < 1.29 is 24.6 Å². The predicted octanol–water partition coefficient (Wildman–Crippen LogP) is 2.64. The van der Waals surface area contributed by atoms with E-state index in [1.807, 2.05) is 36.4 Å². The molecule has 0 spiro atoms. The first kappa shape index (κ1) is 22.6. The number of aliphatic hydroxyl groups is 1. The van der Waals surface area contributed by atoms with Crippen LogP contribution in [0.4, 0.5) is 10.6 Å². The Hall–Kier alpha value is -4.18. The monoisotopic (exact) mass is 475 g/mol. The first-order valence-corrected chi connectivity index (χ1v) is 11.4. The molecule has 1 aliphatic heterocycles. The molecule has 3 amide bonds. The van der Waals surface area contributed by atoms with Crippen molar-refractivity contribution in [3.8, 4) is 22.4 Å². The van der Waals surface area contributed by atoms with Crippen LogP contribution in [0.3, 0.4) is 0 Å². The maximum Gasteiger partial charge on any atom is 0.410 e. The van der Waals surface area contributed by atoms with Gasteiger partial charge in [-0.2, -0.15) is 5.10 Å². The van der Waals surface area contributed by atoms with Gasteiger partial charge in [-0.3, -0.25) is 20.0 Å². The summed E-state index contributed by atoms with van der Waals surface area (Å²) >= 11 is 0. The van der Waals surface area contributed by atoms with E-state index in [2.05, 4.69) is 15.5 Å². The van der Waals surface area contributed by atoms with Gasteiger partial charge in [0.2, 0.25) is 0 Å². The van der Waals surface area contributed by atoms with Crippen molar-refractivity contribution in [1.82, 2.24) is 20.0 Å². The summed E-state index contributed by atoms with van der Waals surface area (Å²) in [6.07, 6.45) is -0.133. The quantitative estimate of drug-likeness (QED) is 0.447. The fourth-order valence-corrected chi connectivity index (χ4v) is 4.23. The smallest absolute Gasteiger partial charge is 0.410 e. The highest BCUT2D eigenvalue weighted by Crippen LogP contribution is 2.37. The minimum atomic E-state index is -1.17. The van der Waals surface area contributed by atoms with E-state index in [4.69, 9.17) is 5.11 Å². The molecule has 0 radical (unpaired) electrons. The molecule has 4 N–H and O–H groups in total. The van der Waals surface area contributed by atoms with Crippen molar-refractivity contribution in [3.63, 3.8) is 0 Å². The van der Waals surface area contributed by atoms with Gasteiger partial charge in [0.25, 0.3) is 11.8 Å². The van der Waals surface area contributed by atoms with Gasteiger partial charge in [-0.15, -0.1) is 0 Å². The SMILES string of the molecule is O=C(O)Nc1cc(-c2cccc(-c3ccc(C(=O)N4CCN(C(=O)C5(O)CC5)CC4)cc3)c2)n[nH]1. The molecule has 180 valence electrons. The first-order chi connectivity index (χ1) is 16.8. The minimum absolute atomic E-state index is 0.0856. The molecule has 35 heavy (non-hydrogen) atoms. The number of aromatic amines is 1. The molecule has 0 atom stereocenters. The van der Waals surface area contributed by atoms with Crippen molar-refractivity contribution in [2.24, 2.45) is 0 Å².